The van der Waals surface area contributed by atoms with Crippen molar-refractivity contribution in [3.05, 3.63) is 48.3 Å². The number of aryl methyl sites for hydroxylation is 1. The second-order valence-electron chi connectivity index (χ2n) is 4.56. The topological polar surface area (TPSA) is 56.7 Å². The van der Waals surface area contributed by atoms with Crippen LogP contribution in [0, 0.1) is 0 Å². The van der Waals surface area contributed by atoms with Gasteiger partial charge in [0.15, 0.2) is 0 Å². The molecule has 18 heavy (non-hydrogen) atoms. The highest BCUT2D eigenvalue weighted by Gasteiger charge is 2.09. The normalized spacial score (nSPS) is 12.6. The van der Waals surface area contributed by atoms with Crippen LogP contribution in [0.5, 0.6) is 0 Å². The van der Waals surface area contributed by atoms with Crippen LogP contribution < -0.4 is 5.73 Å². The first-order valence-corrected chi connectivity index (χ1v) is 6.44. The van der Waals surface area contributed by atoms with E-state index in [9.17, 15) is 0 Å². The Morgan fingerprint density at radius 3 is 2.72 bits per heavy atom. The summed E-state index contributed by atoms with van der Waals surface area (Å²) >= 11 is 0. The largest absolute Gasteiger partial charge is 0.335 e. The van der Waals surface area contributed by atoms with Gasteiger partial charge in [-0.3, -0.25) is 4.98 Å². The molecule has 0 amide bonds. The molecule has 2 N–H and O–H groups in total. The monoisotopic (exact) mass is 244 g/mol. The lowest BCUT2D eigenvalue weighted by molar-refractivity contribution is 0.582. The Hall–Kier alpha value is -1.68. The summed E-state index contributed by atoms with van der Waals surface area (Å²) in [6.45, 7) is 3.18. The van der Waals surface area contributed by atoms with Crippen molar-refractivity contribution in [2.24, 2.45) is 5.73 Å². The van der Waals surface area contributed by atoms with Gasteiger partial charge in [-0.05, 0) is 30.5 Å². The van der Waals surface area contributed by atoms with Gasteiger partial charge >= 0.3 is 0 Å². The van der Waals surface area contributed by atoms with Crippen molar-refractivity contribution in [3.8, 4) is 0 Å². The van der Waals surface area contributed by atoms with Crippen LogP contribution in [0.2, 0.25) is 0 Å². The number of nitrogens with two attached hydrogens (primary N) is 1. The first-order chi connectivity index (χ1) is 8.79. The summed E-state index contributed by atoms with van der Waals surface area (Å²) in [5.41, 5.74) is 7.42. The molecule has 1 unspecified atom stereocenters. The lowest BCUT2D eigenvalue weighted by Crippen LogP contribution is -2.27. The number of nitrogens with zero attached hydrogens (tertiary/aromatic N) is 3. The minimum Gasteiger partial charge on any atom is -0.335 e. The van der Waals surface area contributed by atoms with Crippen molar-refractivity contribution in [3.63, 3.8) is 0 Å². The van der Waals surface area contributed by atoms with E-state index in [1.165, 1.54) is 5.56 Å². The second kappa shape index (κ2) is 6.31. The molecule has 2 heterocycles. The standard InChI is InChI=1S/C14H20N4/c1-2-8-18-9-7-17-14(18)11-13(15)10-12-3-5-16-6-4-12/h3-7,9,13H,2,8,10-11,15H2,1H3. The van der Waals surface area contributed by atoms with Crippen molar-refractivity contribution in [2.75, 3.05) is 0 Å². The second-order valence-corrected chi connectivity index (χ2v) is 4.56. The van der Waals surface area contributed by atoms with Gasteiger partial charge in [-0.25, -0.2) is 4.98 Å². The maximum Gasteiger partial charge on any atom is 0.110 e. The van der Waals surface area contributed by atoms with Gasteiger partial charge in [-0.2, -0.15) is 0 Å². The van der Waals surface area contributed by atoms with Crippen LogP contribution in [0.4, 0.5) is 0 Å². The van der Waals surface area contributed by atoms with Crippen LogP contribution in [-0.2, 0) is 19.4 Å². The minimum atomic E-state index is 0.102. The molecular weight excluding hydrogens is 224 g/mol. The molecule has 0 spiro atoms. The number of aromatic nitrogens is 3. The van der Waals surface area contributed by atoms with Crippen molar-refractivity contribution in [2.45, 2.75) is 38.8 Å². The zero-order chi connectivity index (χ0) is 12.8. The average molecular weight is 244 g/mol. The third kappa shape index (κ3) is 3.40. The molecule has 1 atom stereocenters. The van der Waals surface area contributed by atoms with Crippen molar-refractivity contribution in [1.29, 1.82) is 0 Å². The Balaban J connectivity index is 1.94. The number of pyridine rings is 1. The third-order valence-electron chi connectivity index (χ3n) is 2.96. The number of rotatable bonds is 6. The molecule has 0 saturated heterocycles. The summed E-state index contributed by atoms with van der Waals surface area (Å²) in [7, 11) is 0. The molecule has 4 heteroatoms. The van der Waals surface area contributed by atoms with E-state index in [2.05, 4.69) is 21.5 Å². The van der Waals surface area contributed by atoms with Gasteiger partial charge in [0.25, 0.3) is 0 Å². The molecular formula is C14H20N4. The summed E-state index contributed by atoms with van der Waals surface area (Å²) < 4.78 is 2.19. The molecule has 0 radical (unpaired) electrons. The van der Waals surface area contributed by atoms with Gasteiger partial charge < -0.3 is 10.3 Å². The predicted molar refractivity (Wildman–Crippen MR) is 72.1 cm³/mol. The maximum absolute atomic E-state index is 6.19. The van der Waals surface area contributed by atoms with E-state index >= 15 is 0 Å². The molecule has 2 aromatic heterocycles. The highest BCUT2D eigenvalue weighted by molar-refractivity contribution is 5.12. The minimum absolute atomic E-state index is 0.102. The molecule has 0 aliphatic heterocycles. The number of hydrogen-bond acceptors (Lipinski definition) is 3. The Morgan fingerprint density at radius 2 is 2.00 bits per heavy atom. The molecule has 0 aliphatic rings. The van der Waals surface area contributed by atoms with E-state index in [-0.39, 0.29) is 6.04 Å². The van der Waals surface area contributed by atoms with Crippen LogP contribution >= 0.6 is 0 Å². The summed E-state index contributed by atoms with van der Waals surface area (Å²) in [6, 6.07) is 4.13. The Kier molecular flexibility index (Phi) is 4.47. The first-order valence-electron chi connectivity index (χ1n) is 6.44. The van der Waals surface area contributed by atoms with Crippen LogP contribution in [0.3, 0.4) is 0 Å². The van der Waals surface area contributed by atoms with E-state index in [0.29, 0.717) is 0 Å². The lowest BCUT2D eigenvalue weighted by Gasteiger charge is -2.12. The summed E-state index contributed by atoms with van der Waals surface area (Å²) in [6.07, 6.45) is 10.3. The van der Waals surface area contributed by atoms with E-state index in [0.717, 1.165) is 31.6 Å². The number of imidazole rings is 1. The van der Waals surface area contributed by atoms with Crippen molar-refractivity contribution >= 4 is 0 Å². The lowest BCUT2D eigenvalue weighted by atomic mass is 10.1. The SMILES string of the molecule is CCCn1ccnc1CC(N)Cc1ccncc1. The van der Waals surface area contributed by atoms with Gasteiger partial charge in [-0.15, -0.1) is 0 Å². The van der Waals surface area contributed by atoms with Gasteiger partial charge in [0, 0.05) is 43.8 Å². The summed E-state index contributed by atoms with van der Waals surface area (Å²) in [5.74, 6) is 1.08. The molecule has 96 valence electrons. The van der Waals surface area contributed by atoms with E-state index in [4.69, 9.17) is 5.73 Å². The van der Waals surface area contributed by atoms with Gasteiger partial charge in [0.1, 0.15) is 5.82 Å². The summed E-state index contributed by atoms with van der Waals surface area (Å²) in [4.78, 5) is 8.40. The fourth-order valence-electron chi connectivity index (χ4n) is 2.10. The van der Waals surface area contributed by atoms with Crippen LogP contribution in [0.25, 0.3) is 0 Å². The summed E-state index contributed by atoms with van der Waals surface area (Å²) in [5, 5.41) is 0. The molecule has 0 aromatic carbocycles. The quantitative estimate of drug-likeness (QED) is 0.843. The third-order valence-corrected chi connectivity index (χ3v) is 2.96. The predicted octanol–water partition coefficient (Wildman–Crippen LogP) is 1.80. The molecule has 4 nitrogen and oxygen atoms in total. The molecule has 0 aliphatic carbocycles. The first kappa shape index (κ1) is 12.8. The van der Waals surface area contributed by atoms with Crippen LogP contribution in [-0.4, -0.2) is 20.6 Å². The maximum atomic E-state index is 6.19. The highest BCUT2D eigenvalue weighted by atomic mass is 15.1. The van der Waals surface area contributed by atoms with Gasteiger partial charge in [0.05, 0.1) is 0 Å². The average Bonchev–Trinajstić information content (AvgIpc) is 2.78. The molecule has 0 saturated carbocycles. The zero-order valence-electron chi connectivity index (χ0n) is 10.8. The number of hydrogen-bond donors (Lipinski definition) is 1. The highest BCUT2D eigenvalue weighted by Crippen LogP contribution is 2.06. The van der Waals surface area contributed by atoms with Gasteiger partial charge in [0.2, 0.25) is 0 Å². The Labute approximate surface area is 108 Å². The molecule has 0 fully saturated rings. The Bertz CT molecular complexity index is 464. The zero-order valence-corrected chi connectivity index (χ0v) is 10.8. The van der Waals surface area contributed by atoms with Crippen LogP contribution in [0.1, 0.15) is 24.7 Å². The van der Waals surface area contributed by atoms with E-state index in [1.807, 2.05) is 24.5 Å². The molecule has 0 bridgehead atoms. The van der Waals surface area contributed by atoms with Gasteiger partial charge in [-0.1, -0.05) is 6.92 Å². The molecule has 2 aromatic rings. The van der Waals surface area contributed by atoms with Crippen LogP contribution in [0.15, 0.2) is 36.9 Å². The van der Waals surface area contributed by atoms with E-state index < -0.39 is 0 Å². The fourth-order valence-corrected chi connectivity index (χ4v) is 2.10. The Morgan fingerprint density at radius 1 is 1.22 bits per heavy atom. The fraction of sp³-hybridized carbons (Fsp3) is 0.429. The van der Waals surface area contributed by atoms with E-state index in [1.54, 1.807) is 12.4 Å². The van der Waals surface area contributed by atoms with Crippen molar-refractivity contribution in [1.82, 2.24) is 14.5 Å². The van der Waals surface area contributed by atoms with Crippen molar-refractivity contribution < 1.29 is 0 Å². The molecule has 2 rings (SSSR count). The smallest absolute Gasteiger partial charge is 0.110 e.